The van der Waals surface area contributed by atoms with Crippen LogP contribution in [0.25, 0.3) is 5.57 Å². The highest BCUT2D eigenvalue weighted by Gasteiger charge is 2.40. The van der Waals surface area contributed by atoms with E-state index in [-0.39, 0.29) is 16.6 Å². The van der Waals surface area contributed by atoms with Crippen molar-refractivity contribution in [2.45, 2.75) is 58.3 Å². The number of rotatable bonds is 2. The molecule has 126 valence electrons. The normalized spacial score (nSPS) is 18.1. The van der Waals surface area contributed by atoms with Gasteiger partial charge in [0.15, 0.2) is 0 Å². The molecule has 0 unspecified atom stereocenters. The van der Waals surface area contributed by atoms with Crippen molar-refractivity contribution in [3.8, 4) is 0 Å². The Balaban J connectivity index is 2.26. The summed E-state index contributed by atoms with van der Waals surface area (Å²) in [6.45, 7) is 15.0. The van der Waals surface area contributed by atoms with E-state index in [0.29, 0.717) is 5.56 Å². The van der Waals surface area contributed by atoms with Crippen molar-refractivity contribution in [1.82, 2.24) is 0 Å². The molecule has 0 radical (unpaired) electrons. The molecule has 2 aromatic rings. The van der Waals surface area contributed by atoms with E-state index in [1.807, 2.05) is 37.3 Å². The van der Waals surface area contributed by atoms with E-state index in [9.17, 15) is 0 Å². The quantitative estimate of drug-likeness (QED) is 0.588. The molecule has 0 amide bonds. The summed E-state index contributed by atoms with van der Waals surface area (Å²) < 4.78 is 15.7. The third-order valence-corrected chi connectivity index (χ3v) is 5.67. The molecule has 0 nitrogen and oxygen atoms in total. The Morgan fingerprint density at radius 3 is 2.21 bits per heavy atom. The second-order valence-electron chi connectivity index (χ2n) is 8.42. The van der Waals surface area contributed by atoms with E-state index in [2.05, 4.69) is 40.3 Å². The van der Waals surface area contributed by atoms with Gasteiger partial charge in [-0.05, 0) is 58.4 Å². The molecule has 0 fully saturated rings. The Kier molecular flexibility index (Phi) is 3.94. The third kappa shape index (κ3) is 2.60. The highest BCUT2D eigenvalue weighted by atomic mass is 19.1. The lowest BCUT2D eigenvalue weighted by atomic mass is 9.62. The van der Waals surface area contributed by atoms with Crippen LogP contribution >= 0.6 is 0 Å². The zero-order valence-electron chi connectivity index (χ0n) is 15.5. The van der Waals surface area contributed by atoms with Crippen molar-refractivity contribution >= 4 is 5.57 Å². The lowest BCUT2D eigenvalue weighted by Crippen LogP contribution is -2.35. The largest absolute Gasteiger partial charge is 0.206 e. The first-order valence-electron chi connectivity index (χ1n) is 8.74. The molecule has 24 heavy (non-hydrogen) atoms. The maximum atomic E-state index is 15.7. The first-order chi connectivity index (χ1) is 11.1. The molecule has 0 aromatic heterocycles. The average Bonchev–Trinajstić information content (AvgIpc) is 2.52. The molecule has 0 heterocycles. The van der Waals surface area contributed by atoms with E-state index in [4.69, 9.17) is 0 Å². The Morgan fingerprint density at radius 2 is 1.58 bits per heavy atom. The Hall–Kier alpha value is -1.89. The fraction of sp³-hybridized carbons (Fsp3) is 0.391. The topological polar surface area (TPSA) is 0 Å². The predicted molar refractivity (Wildman–Crippen MR) is 101 cm³/mol. The van der Waals surface area contributed by atoms with Gasteiger partial charge in [0.2, 0.25) is 0 Å². The first-order valence-corrected chi connectivity index (χ1v) is 8.74. The van der Waals surface area contributed by atoms with Gasteiger partial charge in [0.1, 0.15) is 5.82 Å². The highest BCUT2D eigenvalue weighted by Crippen LogP contribution is 2.48. The van der Waals surface area contributed by atoms with Crippen LogP contribution < -0.4 is 0 Å². The zero-order chi connectivity index (χ0) is 17.7. The summed E-state index contributed by atoms with van der Waals surface area (Å²) in [5.74, 6) is -0.0726. The number of halogens is 1. The minimum Gasteiger partial charge on any atom is -0.206 e. The lowest BCUT2D eigenvalue weighted by molar-refractivity contribution is 0.319. The van der Waals surface area contributed by atoms with Crippen molar-refractivity contribution < 1.29 is 4.39 Å². The number of hydrogen-bond acceptors (Lipinski definition) is 0. The second kappa shape index (κ2) is 5.58. The van der Waals surface area contributed by atoms with E-state index >= 15 is 4.39 Å². The van der Waals surface area contributed by atoms with Gasteiger partial charge in [0.05, 0.1) is 0 Å². The molecule has 0 saturated heterocycles. The van der Waals surface area contributed by atoms with E-state index in [1.165, 1.54) is 5.56 Å². The van der Waals surface area contributed by atoms with E-state index < -0.39 is 0 Å². The van der Waals surface area contributed by atoms with Crippen molar-refractivity contribution in [2.24, 2.45) is 0 Å². The summed E-state index contributed by atoms with van der Waals surface area (Å²) in [7, 11) is 0. The molecule has 0 bridgehead atoms. The van der Waals surface area contributed by atoms with Gasteiger partial charge >= 0.3 is 0 Å². The Labute approximate surface area is 145 Å². The monoisotopic (exact) mass is 322 g/mol. The first kappa shape index (κ1) is 17.0. The standard InChI is InChI=1S/C23H27F/c1-15-14-18-20(23(5,6)13-12-22(18,3)4)21(24)19(15)16(2)17-10-8-7-9-11-17/h7-11,14H,2,12-13H2,1,3-6H3. The number of hydrogen-bond donors (Lipinski definition) is 0. The van der Waals surface area contributed by atoms with Crippen LogP contribution in [0.2, 0.25) is 0 Å². The summed E-state index contributed by atoms with van der Waals surface area (Å²) in [4.78, 5) is 0. The molecule has 0 N–H and O–H groups in total. The molecular formula is C23H27F. The summed E-state index contributed by atoms with van der Waals surface area (Å²) in [5.41, 5.74) is 5.32. The van der Waals surface area contributed by atoms with Gasteiger partial charge in [0, 0.05) is 5.56 Å². The fourth-order valence-electron chi connectivity index (χ4n) is 4.01. The van der Waals surface area contributed by atoms with Gasteiger partial charge < -0.3 is 0 Å². The molecule has 0 spiro atoms. The maximum absolute atomic E-state index is 15.7. The Morgan fingerprint density at radius 1 is 1.00 bits per heavy atom. The van der Waals surface area contributed by atoms with Crippen LogP contribution in [0.1, 0.15) is 68.4 Å². The zero-order valence-corrected chi connectivity index (χ0v) is 15.5. The van der Waals surface area contributed by atoms with Crippen LogP contribution in [0.5, 0.6) is 0 Å². The highest BCUT2D eigenvalue weighted by molar-refractivity contribution is 5.81. The van der Waals surface area contributed by atoms with Gasteiger partial charge in [-0.2, -0.15) is 0 Å². The summed E-state index contributed by atoms with van der Waals surface area (Å²) in [5, 5.41) is 0. The number of fused-ring (bicyclic) bond motifs is 1. The second-order valence-corrected chi connectivity index (χ2v) is 8.42. The fourth-order valence-corrected chi connectivity index (χ4v) is 4.01. The van der Waals surface area contributed by atoms with E-state index in [1.54, 1.807) is 0 Å². The molecule has 1 aliphatic carbocycles. The third-order valence-electron chi connectivity index (χ3n) is 5.67. The summed E-state index contributed by atoms with van der Waals surface area (Å²) in [6, 6.07) is 12.1. The van der Waals surface area contributed by atoms with Crippen molar-refractivity contribution in [2.75, 3.05) is 0 Å². The molecule has 0 atom stereocenters. The molecule has 2 aromatic carbocycles. The van der Waals surface area contributed by atoms with Crippen LogP contribution in [0.15, 0.2) is 43.0 Å². The Bertz CT molecular complexity index is 795. The van der Waals surface area contributed by atoms with Gasteiger partial charge in [-0.3, -0.25) is 0 Å². The van der Waals surface area contributed by atoms with Gasteiger partial charge in [-0.25, -0.2) is 4.39 Å². The average molecular weight is 322 g/mol. The van der Waals surface area contributed by atoms with Crippen LogP contribution in [0, 0.1) is 12.7 Å². The van der Waals surface area contributed by atoms with Gasteiger partial charge in [-0.15, -0.1) is 0 Å². The SMILES string of the molecule is C=C(c1ccccc1)c1c(C)cc2c(c1F)C(C)(C)CCC2(C)C. The molecule has 0 aliphatic heterocycles. The van der Waals surface area contributed by atoms with Crippen molar-refractivity contribution in [1.29, 1.82) is 0 Å². The molecule has 0 saturated carbocycles. The molecule has 3 rings (SSSR count). The van der Waals surface area contributed by atoms with Crippen LogP contribution in [-0.2, 0) is 10.8 Å². The number of benzene rings is 2. The van der Waals surface area contributed by atoms with Crippen molar-refractivity contribution in [3.63, 3.8) is 0 Å². The van der Waals surface area contributed by atoms with Crippen molar-refractivity contribution in [3.05, 3.63) is 76.6 Å². The smallest absolute Gasteiger partial charge is 0.135 e. The number of aryl methyl sites for hydroxylation is 1. The van der Waals surface area contributed by atoms with Crippen LogP contribution in [0.4, 0.5) is 4.39 Å². The molecular weight excluding hydrogens is 295 g/mol. The van der Waals surface area contributed by atoms with Gasteiger partial charge in [-0.1, -0.05) is 70.7 Å². The van der Waals surface area contributed by atoms with Crippen LogP contribution in [0.3, 0.4) is 0 Å². The molecule has 1 heteroatoms. The molecule has 1 aliphatic rings. The van der Waals surface area contributed by atoms with Gasteiger partial charge in [0.25, 0.3) is 0 Å². The summed E-state index contributed by atoms with van der Waals surface area (Å²) in [6.07, 6.45) is 2.09. The minimum atomic E-state index is -0.144. The van der Waals surface area contributed by atoms with E-state index in [0.717, 1.165) is 35.1 Å². The predicted octanol–water partition coefficient (Wildman–Crippen LogP) is 6.54. The summed E-state index contributed by atoms with van der Waals surface area (Å²) >= 11 is 0. The van der Waals surface area contributed by atoms with Crippen LogP contribution in [-0.4, -0.2) is 0 Å². The minimum absolute atomic E-state index is 0.0169. The maximum Gasteiger partial charge on any atom is 0.135 e. The lowest BCUT2D eigenvalue weighted by Gasteiger charge is -2.42.